The Balaban J connectivity index is 0. The molecule has 0 aliphatic heterocycles. The first-order chi connectivity index (χ1) is 8.12. The molecule has 0 radical (unpaired) electrons. The Morgan fingerprint density at radius 2 is 1.24 bits per heavy atom. The van der Waals surface area contributed by atoms with Crippen molar-refractivity contribution in [3.05, 3.63) is 0 Å². The number of rotatable bonds is 4. The Labute approximate surface area is 112 Å². The summed E-state index contributed by atoms with van der Waals surface area (Å²) in [5.41, 5.74) is 0.597. The molecule has 1 aliphatic rings. The third-order valence-corrected chi connectivity index (χ3v) is 4.45. The standard InChI is InChI=1S/C13H26.2C2H6/c1-5-11(6-2)13(3,4)12-9-7-8-10-12;2*1-2/h11-12H,5-10H2,1-4H3;2*1-2H3. The van der Waals surface area contributed by atoms with Crippen molar-refractivity contribution in [2.75, 3.05) is 0 Å². The molecule has 106 valence electrons. The minimum absolute atomic E-state index is 0.597. The molecule has 0 amide bonds. The van der Waals surface area contributed by atoms with Gasteiger partial charge in [-0.1, -0.05) is 81.1 Å². The van der Waals surface area contributed by atoms with Gasteiger partial charge in [-0.3, -0.25) is 0 Å². The molecule has 0 spiro atoms. The van der Waals surface area contributed by atoms with Gasteiger partial charge in [0.25, 0.3) is 0 Å². The lowest BCUT2D eigenvalue weighted by Crippen LogP contribution is -2.30. The SMILES string of the molecule is CC.CC.CCC(CC)C(C)(C)C1CCCC1. The fourth-order valence-electron chi connectivity index (χ4n) is 3.34. The van der Waals surface area contributed by atoms with E-state index in [4.69, 9.17) is 0 Å². The Morgan fingerprint density at radius 1 is 0.882 bits per heavy atom. The maximum atomic E-state index is 2.50. The molecule has 0 heterocycles. The molecular formula is C17H38. The van der Waals surface area contributed by atoms with Crippen LogP contribution in [-0.2, 0) is 0 Å². The molecule has 0 N–H and O–H groups in total. The van der Waals surface area contributed by atoms with Crippen molar-refractivity contribution in [2.45, 2.75) is 93.9 Å². The van der Waals surface area contributed by atoms with Crippen LogP contribution in [-0.4, -0.2) is 0 Å². The van der Waals surface area contributed by atoms with Gasteiger partial charge in [0.1, 0.15) is 0 Å². The Hall–Kier alpha value is 0. The van der Waals surface area contributed by atoms with Crippen LogP contribution < -0.4 is 0 Å². The molecule has 0 aromatic rings. The van der Waals surface area contributed by atoms with Crippen LogP contribution in [0.2, 0.25) is 0 Å². The Bertz CT molecular complexity index is 132. The highest BCUT2D eigenvalue weighted by atomic mass is 14.4. The molecule has 1 fully saturated rings. The first kappa shape index (κ1) is 19.3. The second-order valence-electron chi connectivity index (χ2n) is 5.32. The first-order valence-electron chi connectivity index (χ1n) is 8.12. The highest BCUT2D eigenvalue weighted by Crippen LogP contribution is 2.46. The van der Waals surface area contributed by atoms with E-state index in [0.717, 1.165) is 11.8 Å². The zero-order valence-corrected chi connectivity index (χ0v) is 13.9. The molecule has 1 rings (SSSR count). The van der Waals surface area contributed by atoms with E-state index < -0.39 is 0 Å². The summed E-state index contributed by atoms with van der Waals surface area (Å²) in [7, 11) is 0. The lowest BCUT2D eigenvalue weighted by Gasteiger charge is -2.39. The van der Waals surface area contributed by atoms with E-state index in [-0.39, 0.29) is 0 Å². The van der Waals surface area contributed by atoms with Crippen molar-refractivity contribution in [1.29, 1.82) is 0 Å². The van der Waals surface area contributed by atoms with Crippen LogP contribution in [0.25, 0.3) is 0 Å². The van der Waals surface area contributed by atoms with E-state index in [1.165, 1.54) is 38.5 Å². The van der Waals surface area contributed by atoms with Gasteiger partial charge in [-0.2, -0.15) is 0 Å². The lowest BCUT2D eigenvalue weighted by molar-refractivity contribution is 0.109. The predicted octanol–water partition coefficient (Wildman–Crippen LogP) is 6.69. The first-order valence-corrected chi connectivity index (χ1v) is 8.12. The normalized spacial score (nSPS) is 16.1. The molecule has 1 aliphatic carbocycles. The summed E-state index contributed by atoms with van der Waals surface area (Å²) in [5, 5.41) is 0. The smallest absolute Gasteiger partial charge is 0.0298 e. The van der Waals surface area contributed by atoms with Crippen LogP contribution in [0.15, 0.2) is 0 Å². The molecule has 0 aromatic carbocycles. The molecule has 0 saturated heterocycles. The van der Waals surface area contributed by atoms with E-state index in [2.05, 4.69) is 27.7 Å². The minimum atomic E-state index is 0.597. The third-order valence-electron chi connectivity index (χ3n) is 4.45. The topological polar surface area (TPSA) is 0 Å². The maximum Gasteiger partial charge on any atom is -0.0298 e. The second-order valence-corrected chi connectivity index (χ2v) is 5.32. The highest BCUT2D eigenvalue weighted by molar-refractivity contribution is 4.86. The van der Waals surface area contributed by atoms with Crippen molar-refractivity contribution in [3.8, 4) is 0 Å². The van der Waals surface area contributed by atoms with Crippen LogP contribution in [0.1, 0.15) is 93.9 Å². The van der Waals surface area contributed by atoms with Gasteiger partial charge in [0, 0.05) is 0 Å². The number of hydrogen-bond donors (Lipinski definition) is 0. The fraction of sp³-hybridized carbons (Fsp3) is 1.00. The van der Waals surface area contributed by atoms with Crippen molar-refractivity contribution in [3.63, 3.8) is 0 Å². The Kier molecular flexibility index (Phi) is 12.6. The average molecular weight is 242 g/mol. The largest absolute Gasteiger partial charge is 0.0683 e. The van der Waals surface area contributed by atoms with Gasteiger partial charge < -0.3 is 0 Å². The lowest BCUT2D eigenvalue weighted by atomic mass is 9.67. The van der Waals surface area contributed by atoms with Gasteiger partial charge in [0.15, 0.2) is 0 Å². The molecule has 0 unspecified atom stereocenters. The van der Waals surface area contributed by atoms with E-state index >= 15 is 0 Å². The molecule has 17 heavy (non-hydrogen) atoms. The summed E-state index contributed by atoms with van der Waals surface area (Å²) < 4.78 is 0. The van der Waals surface area contributed by atoms with E-state index in [0.29, 0.717) is 5.41 Å². The fourth-order valence-corrected chi connectivity index (χ4v) is 3.34. The van der Waals surface area contributed by atoms with Crippen LogP contribution in [0.4, 0.5) is 0 Å². The minimum Gasteiger partial charge on any atom is -0.0683 e. The van der Waals surface area contributed by atoms with Gasteiger partial charge in [0.2, 0.25) is 0 Å². The predicted molar refractivity (Wildman–Crippen MR) is 82.5 cm³/mol. The zero-order chi connectivity index (χ0) is 13.9. The highest BCUT2D eigenvalue weighted by Gasteiger charge is 2.36. The van der Waals surface area contributed by atoms with Gasteiger partial charge >= 0.3 is 0 Å². The van der Waals surface area contributed by atoms with E-state index in [1.807, 2.05) is 27.7 Å². The molecule has 1 saturated carbocycles. The van der Waals surface area contributed by atoms with Gasteiger partial charge in [-0.05, 0) is 30.1 Å². The summed E-state index contributed by atoms with van der Waals surface area (Å²) in [6.45, 7) is 17.7. The van der Waals surface area contributed by atoms with Gasteiger partial charge in [-0.25, -0.2) is 0 Å². The molecular weight excluding hydrogens is 204 g/mol. The van der Waals surface area contributed by atoms with Gasteiger partial charge in [0.05, 0.1) is 0 Å². The van der Waals surface area contributed by atoms with Crippen molar-refractivity contribution < 1.29 is 0 Å². The van der Waals surface area contributed by atoms with Crippen LogP contribution in [0.3, 0.4) is 0 Å². The average Bonchev–Trinajstić information content (AvgIpc) is 2.90. The van der Waals surface area contributed by atoms with E-state index in [9.17, 15) is 0 Å². The summed E-state index contributed by atoms with van der Waals surface area (Å²) in [5.74, 6) is 1.95. The molecule has 0 nitrogen and oxygen atoms in total. The number of hydrogen-bond acceptors (Lipinski definition) is 0. The van der Waals surface area contributed by atoms with Crippen molar-refractivity contribution in [2.24, 2.45) is 17.3 Å². The van der Waals surface area contributed by atoms with E-state index in [1.54, 1.807) is 0 Å². The molecule has 0 heteroatoms. The molecule has 0 atom stereocenters. The van der Waals surface area contributed by atoms with Crippen LogP contribution in [0, 0.1) is 17.3 Å². The second kappa shape index (κ2) is 11.1. The third kappa shape index (κ3) is 5.93. The van der Waals surface area contributed by atoms with Crippen LogP contribution in [0.5, 0.6) is 0 Å². The zero-order valence-electron chi connectivity index (χ0n) is 13.9. The Morgan fingerprint density at radius 3 is 1.53 bits per heavy atom. The quantitative estimate of drug-likeness (QED) is 0.515. The summed E-state index contributed by atoms with van der Waals surface area (Å²) >= 11 is 0. The van der Waals surface area contributed by atoms with Gasteiger partial charge in [-0.15, -0.1) is 0 Å². The van der Waals surface area contributed by atoms with Crippen molar-refractivity contribution in [1.82, 2.24) is 0 Å². The summed E-state index contributed by atoms with van der Waals surface area (Å²) in [6, 6.07) is 0. The molecule has 0 bridgehead atoms. The summed E-state index contributed by atoms with van der Waals surface area (Å²) in [4.78, 5) is 0. The van der Waals surface area contributed by atoms with Crippen molar-refractivity contribution >= 4 is 0 Å². The van der Waals surface area contributed by atoms with Crippen LogP contribution >= 0.6 is 0 Å². The monoisotopic (exact) mass is 242 g/mol. The molecule has 0 aromatic heterocycles. The summed E-state index contributed by atoms with van der Waals surface area (Å²) in [6.07, 6.45) is 8.66. The maximum absolute atomic E-state index is 2.50.